The molecule has 0 unspecified atom stereocenters. The second kappa shape index (κ2) is 15.4. The topological polar surface area (TPSA) is 52.5 Å². The third kappa shape index (κ3) is 5.77. The number of fused-ring (bicyclic) bond motifs is 10. The van der Waals surface area contributed by atoms with Crippen LogP contribution in [-0.2, 0) is 0 Å². The number of benzene rings is 9. The molecule has 0 N–H and O–H groups in total. The van der Waals surface area contributed by atoms with Crippen LogP contribution in [0.15, 0.2) is 170 Å². The predicted octanol–water partition coefficient (Wildman–Crippen LogP) is 17.3. The molecule has 9 aromatic carbocycles. The fourth-order valence-electron chi connectivity index (χ4n) is 11.1. The van der Waals surface area contributed by atoms with Gasteiger partial charge in [0.15, 0.2) is 0 Å². The molecule has 312 valence electrons. The molecule has 0 spiro atoms. The number of nitriles is 2. The summed E-state index contributed by atoms with van der Waals surface area (Å²) in [5, 5.41) is 29.3. The Hall–Kier alpha value is -7.80. The Labute approximate surface area is 391 Å². The van der Waals surface area contributed by atoms with Crippen molar-refractivity contribution in [2.75, 3.05) is 0 Å². The minimum Gasteiger partial charge on any atom is -0.307 e. The molecule has 0 fully saturated rings. The van der Waals surface area contributed by atoms with Crippen molar-refractivity contribution in [1.82, 2.24) is 4.57 Å². The van der Waals surface area contributed by atoms with Gasteiger partial charge in [-0.05, 0) is 90.0 Å². The van der Waals surface area contributed by atoms with Crippen molar-refractivity contribution in [2.24, 2.45) is 0 Å². The van der Waals surface area contributed by atoms with E-state index in [0.29, 0.717) is 11.1 Å². The van der Waals surface area contributed by atoms with E-state index in [9.17, 15) is 10.5 Å². The average molecular weight is 880 g/mol. The smallest absolute Gasteiger partial charge is 0.0998 e. The van der Waals surface area contributed by atoms with E-state index in [2.05, 4.69) is 190 Å². The Morgan fingerprint density at radius 3 is 1.55 bits per heavy atom. The SMILES string of the molecule is Cc1ccccc1-c1ccc2c(sc3ccccc32)c1[C@@H](C)c1c(C)c(-c2ccccc2C#N)c(-n2c3ccccc3c3ccc4c5ccccc5sc4c32)c(-c2ccccc2C#N)c1C. The van der Waals surface area contributed by atoms with Gasteiger partial charge in [-0.25, -0.2) is 0 Å². The third-order valence-corrected chi connectivity index (χ3v) is 16.4. The summed E-state index contributed by atoms with van der Waals surface area (Å²) in [7, 11) is 0. The van der Waals surface area contributed by atoms with Gasteiger partial charge in [-0.15, -0.1) is 22.7 Å². The molecule has 0 aliphatic heterocycles. The quantitative estimate of drug-likeness (QED) is 0.167. The first-order valence-electron chi connectivity index (χ1n) is 22.4. The molecular formula is C61H41N3S2. The normalized spacial score (nSPS) is 12.2. The highest BCUT2D eigenvalue weighted by molar-refractivity contribution is 7.27. The Morgan fingerprint density at radius 2 is 0.924 bits per heavy atom. The van der Waals surface area contributed by atoms with Crippen LogP contribution in [-0.4, -0.2) is 4.57 Å². The molecule has 3 heterocycles. The summed E-state index contributed by atoms with van der Waals surface area (Å²) >= 11 is 3.70. The lowest BCUT2D eigenvalue weighted by Gasteiger charge is -2.30. The number of aryl methyl sites for hydroxylation is 1. The lowest BCUT2D eigenvalue weighted by Crippen LogP contribution is -2.12. The van der Waals surface area contributed by atoms with E-state index in [1.54, 1.807) is 0 Å². The van der Waals surface area contributed by atoms with Gasteiger partial charge >= 0.3 is 0 Å². The molecular weight excluding hydrogens is 839 g/mol. The maximum Gasteiger partial charge on any atom is 0.0998 e. The van der Waals surface area contributed by atoms with Gasteiger partial charge in [0, 0.05) is 74.6 Å². The van der Waals surface area contributed by atoms with Crippen LogP contribution >= 0.6 is 22.7 Å². The van der Waals surface area contributed by atoms with Gasteiger partial charge in [0.1, 0.15) is 0 Å². The van der Waals surface area contributed by atoms with Crippen LogP contribution in [0.25, 0.3) is 101 Å². The summed E-state index contributed by atoms with van der Waals surface area (Å²) in [5.41, 5.74) is 16.4. The Balaban J connectivity index is 1.31. The summed E-state index contributed by atoms with van der Waals surface area (Å²) in [6, 6.07) is 65.4. The summed E-state index contributed by atoms with van der Waals surface area (Å²) in [5.74, 6) is -0.112. The molecule has 0 amide bonds. The van der Waals surface area contributed by atoms with Gasteiger partial charge < -0.3 is 4.57 Å². The van der Waals surface area contributed by atoms with Crippen molar-refractivity contribution in [1.29, 1.82) is 10.5 Å². The summed E-state index contributed by atoms with van der Waals surface area (Å²) in [6.07, 6.45) is 0. The maximum atomic E-state index is 11.0. The lowest BCUT2D eigenvalue weighted by molar-refractivity contribution is 0.909. The van der Waals surface area contributed by atoms with E-state index < -0.39 is 0 Å². The van der Waals surface area contributed by atoms with Crippen LogP contribution in [0.5, 0.6) is 0 Å². The molecule has 3 aromatic heterocycles. The number of hydrogen-bond donors (Lipinski definition) is 0. The second-order valence-electron chi connectivity index (χ2n) is 17.4. The predicted molar refractivity (Wildman–Crippen MR) is 280 cm³/mol. The molecule has 12 rings (SSSR count). The van der Waals surface area contributed by atoms with Crippen molar-refractivity contribution < 1.29 is 0 Å². The largest absolute Gasteiger partial charge is 0.307 e. The molecule has 12 aromatic rings. The van der Waals surface area contributed by atoms with Gasteiger partial charge in [0.2, 0.25) is 0 Å². The minimum absolute atomic E-state index is 0.112. The lowest BCUT2D eigenvalue weighted by atomic mass is 9.76. The third-order valence-electron chi connectivity index (χ3n) is 14.0. The van der Waals surface area contributed by atoms with Crippen molar-refractivity contribution in [3.8, 4) is 51.2 Å². The molecule has 66 heavy (non-hydrogen) atoms. The van der Waals surface area contributed by atoms with Crippen LogP contribution in [0.1, 0.15) is 51.8 Å². The first-order chi connectivity index (χ1) is 32.4. The summed E-state index contributed by atoms with van der Waals surface area (Å²) in [6.45, 7) is 9.12. The zero-order valence-corrected chi connectivity index (χ0v) is 38.5. The standard InChI is InChI=1S/C61H41N3S2/c1-35-17-5-8-20-41(35)47-29-31-49-45-24-12-15-27-52(45)65-60(49)57(47)38(4)54-36(2)55(42-21-9-6-18-39(42)33-62)59(56(37(54)3)43-22-10-7-19-40(43)34-63)64-51-26-14-11-23-44(51)48-30-32-50-46-25-13-16-28-53(46)66-61(50)58(48)64/h5-32,38H,1-4H3/t38-/m0/s1. The van der Waals surface area contributed by atoms with E-state index in [0.717, 1.165) is 60.9 Å². The van der Waals surface area contributed by atoms with E-state index in [-0.39, 0.29) is 5.92 Å². The number of rotatable bonds is 6. The minimum atomic E-state index is -0.112. The molecule has 0 aliphatic rings. The van der Waals surface area contributed by atoms with Gasteiger partial charge in [0.25, 0.3) is 0 Å². The van der Waals surface area contributed by atoms with Gasteiger partial charge in [-0.2, -0.15) is 10.5 Å². The monoisotopic (exact) mass is 879 g/mol. The Kier molecular flexibility index (Phi) is 9.30. The zero-order valence-electron chi connectivity index (χ0n) is 36.9. The van der Waals surface area contributed by atoms with Crippen molar-refractivity contribution in [2.45, 2.75) is 33.6 Å². The number of hydrogen-bond acceptors (Lipinski definition) is 4. The number of aromatic nitrogens is 1. The molecule has 5 heteroatoms. The van der Waals surface area contributed by atoms with Crippen molar-refractivity contribution in [3.05, 3.63) is 209 Å². The Bertz CT molecular complexity index is 4000. The van der Waals surface area contributed by atoms with Crippen molar-refractivity contribution >= 4 is 84.8 Å². The van der Waals surface area contributed by atoms with Gasteiger partial charge in [0.05, 0.1) is 44.7 Å². The first kappa shape index (κ1) is 39.8. The molecule has 0 saturated carbocycles. The molecule has 0 saturated heterocycles. The molecule has 0 bridgehead atoms. The van der Waals surface area contributed by atoms with Crippen LogP contribution in [0.2, 0.25) is 0 Å². The Morgan fingerprint density at radius 1 is 0.439 bits per heavy atom. The molecule has 0 aliphatic carbocycles. The van der Waals surface area contributed by atoms with E-state index in [1.807, 2.05) is 46.9 Å². The van der Waals surface area contributed by atoms with Crippen molar-refractivity contribution in [3.63, 3.8) is 0 Å². The number of para-hydroxylation sites is 1. The highest BCUT2D eigenvalue weighted by Gasteiger charge is 2.32. The van der Waals surface area contributed by atoms with Crippen LogP contribution < -0.4 is 0 Å². The average Bonchev–Trinajstić information content (AvgIpc) is 4.03. The number of thiophene rings is 2. The van der Waals surface area contributed by atoms with E-state index in [4.69, 9.17) is 0 Å². The van der Waals surface area contributed by atoms with E-state index in [1.165, 1.54) is 68.2 Å². The summed E-state index contributed by atoms with van der Waals surface area (Å²) in [4.78, 5) is 0. The van der Waals surface area contributed by atoms with E-state index >= 15 is 0 Å². The molecule has 3 nitrogen and oxygen atoms in total. The fraction of sp³-hybridized carbons (Fsp3) is 0.0820. The molecule has 0 radical (unpaired) electrons. The summed E-state index contributed by atoms with van der Waals surface area (Å²) < 4.78 is 7.46. The first-order valence-corrected chi connectivity index (χ1v) is 24.0. The van der Waals surface area contributed by atoms with Crippen LogP contribution in [0.4, 0.5) is 0 Å². The van der Waals surface area contributed by atoms with Crippen LogP contribution in [0.3, 0.4) is 0 Å². The zero-order chi connectivity index (χ0) is 44.8. The number of nitrogens with zero attached hydrogens (tertiary/aromatic N) is 3. The fourth-order valence-corrected chi connectivity index (χ4v) is 13.7. The second-order valence-corrected chi connectivity index (χ2v) is 19.5. The molecule has 1 atom stereocenters. The highest BCUT2D eigenvalue weighted by atomic mass is 32.1. The van der Waals surface area contributed by atoms with Gasteiger partial charge in [-0.3, -0.25) is 0 Å². The highest BCUT2D eigenvalue weighted by Crippen LogP contribution is 2.53. The van der Waals surface area contributed by atoms with Crippen LogP contribution in [0, 0.1) is 43.4 Å². The van der Waals surface area contributed by atoms with Gasteiger partial charge in [-0.1, -0.05) is 146 Å². The maximum absolute atomic E-state index is 11.0.